The van der Waals surface area contributed by atoms with Crippen LogP contribution in [0.15, 0.2) is 6.20 Å². The molecule has 1 heterocycles. The van der Waals surface area contributed by atoms with Crippen molar-refractivity contribution in [2.75, 3.05) is 18.5 Å². The molecule has 0 spiro atoms. The van der Waals surface area contributed by atoms with Crippen LogP contribution in [0.5, 0.6) is 0 Å². The summed E-state index contributed by atoms with van der Waals surface area (Å²) in [7, 11) is 2.08. The quantitative estimate of drug-likeness (QED) is 0.731. The van der Waals surface area contributed by atoms with Crippen LogP contribution in [0.25, 0.3) is 0 Å². The molecular formula is C15H26N4. The summed E-state index contributed by atoms with van der Waals surface area (Å²) in [5.74, 6) is 0.851. The summed E-state index contributed by atoms with van der Waals surface area (Å²) < 4.78 is 0. The van der Waals surface area contributed by atoms with Crippen molar-refractivity contribution in [2.45, 2.75) is 58.5 Å². The lowest BCUT2D eigenvalue weighted by molar-refractivity contribution is 0.673. The van der Waals surface area contributed by atoms with Gasteiger partial charge in [-0.1, -0.05) is 19.8 Å². The van der Waals surface area contributed by atoms with E-state index in [0.29, 0.717) is 0 Å². The third-order valence-corrected chi connectivity index (χ3v) is 3.67. The number of nitrogens with zero attached hydrogens (tertiary/aromatic N) is 3. The second-order valence-corrected chi connectivity index (χ2v) is 5.56. The van der Waals surface area contributed by atoms with E-state index in [4.69, 9.17) is 0 Å². The number of anilines is 1. The fourth-order valence-corrected chi connectivity index (χ4v) is 2.08. The molecule has 4 nitrogen and oxygen atoms in total. The zero-order valence-electron chi connectivity index (χ0n) is 12.4. The number of hydrogen-bond acceptors (Lipinski definition) is 4. The molecule has 0 aromatic carbocycles. The van der Waals surface area contributed by atoms with Gasteiger partial charge in [-0.25, -0.2) is 9.97 Å². The van der Waals surface area contributed by atoms with Crippen LogP contribution in [-0.4, -0.2) is 29.6 Å². The van der Waals surface area contributed by atoms with E-state index in [1.54, 1.807) is 0 Å². The van der Waals surface area contributed by atoms with E-state index >= 15 is 0 Å². The molecule has 1 saturated carbocycles. The topological polar surface area (TPSA) is 41.1 Å². The van der Waals surface area contributed by atoms with Crippen molar-refractivity contribution < 1.29 is 0 Å². The Bertz CT molecular complexity index is 401. The average Bonchev–Trinajstić information content (AvgIpc) is 3.21. The Hall–Kier alpha value is -1.16. The Balaban J connectivity index is 1.88. The largest absolute Gasteiger partial charge is 0.344 e. The van der Waals surface area contributed by atoms with Crippen molar-refractivity contribution >= 4 is 5.95 Å². The molecule has 0 atom stereocenters. The van der Waals surface area contributed by atoms with Gasteiger partial charge in [-0.2, -0.15) is 0 Å². The van der Waals surface area contributed by atoms with E-state index < -0.39 is 0 Å². The van der Waals surface area contributed by atoms with Crippen LogP contribution in [0.3, 0.4) is 0 Å². The molecule has 0 radical (unpaired) electrons. The first kappa shape index (κ1) is 14.3. The second-order valence-electron chi connectivity index (χ2n) is 5.56. The third kappa shape index (κ3) is 4.46. The molecule has 0 amide bonds. The van der Waals surface area contributed by atoms with E-state index in [2.05, 4.69) is 41.1 Å². The van der Waals surface area contributed by atoms with Crippen LogP contribution in [0, 0.1) is 6.92 Å². The maximum Gasteiger partial charge on any atom is 0.225 e. The van der Waals surface area contributed by atoms with Crippen LogP contribution < -0.4 is 10.2 Å². The molecule has 1 aromatic heterocycles. The van der Waals surface area contributed by atoms with Crippen LogP contribution in [-0.2, 0) is 6.54 Å². The van der Waals surface area contributed by atoms with Gasteiger partial charge >= 0.3 is 0 Å². The van der Waals surface area contributed by atoms with E-state index in [9.17, 15) is 0 Å². The lowest BCUT2D eigenvalue weighted by Crippen LogP contribution is -2.22. The van der Waals surface area contributed by atoms with Crippen LogP contribution in [0.1, 0.15) is 50.3 Å². The highest BCUT2D eigenvalue weighted by molar-refractivity contribution is 5.31. The Kier molecular flexibility index (Phi) is 5.14. The highest BCUT2D eigenvalue weighted by Crippen LogP contribution is 2.20. The molecule has 4 heteroatoms. The van der Waals surface area contributed by atoms with Gasteiger partial charge in [0.2, 0.25) is 5.95 Å². The smallest absolute Gasteiger partial charge is 0.225 e. The molecule has 1 N–H and O–H groups in total. The molecule has 2 rings (SSSR count). The zero-order chi connectivity index (χ0) is 13.7. The van der Waals surface area contributed by atoms with Gasteiger partial charge in [0.25, 0.3) is 0 Å². The molecular weight excluding hydrogens is 236 g/mol. The minimum atomic E-state index is 0.732. The molecule has 0 unspecified atom stereocenters. The summed E-state index contributed by atoms with van der Waals surface area (Å²) in [6.07, 6.45) is 8.34. The Morgan fingerprint density at radius 3 is 2.79 bits per heavy atom. The Morgan fingerprint density at radius 1 is 1.37 bits per heavy atom. The number of aromatic nitrogens is 2. The normalized spacial score (nSPS) is 14.7. The van der Waals surface area contributed by atoms with Gasteiger partial charge < -0.3 is 10.2 Å². The zero-order valence-corrected chi connectivity index (χ0v) is 12.4. The first-order valence-corrected chi connectivity index (χ1v) is 7.47. The van der Waals surface area contributed by atoms with E-state index in [0.717, 1.165) is 30.8 Å². The number of unbranched alkanes of at least 4 members (excludes halogenated alkanes) is 2. The highest BCUT2D eigenvalue weighted by atomic mass is 15.2. The van der Waals surface area contributed by atoms with Crippen molar-refractivity contribution in [1.29, 1.82) is 0 Å². The summed E-state index contributed by atoms with van der Waals surface area (Å²) in [5.41, 5.74) is 2.32. The number of aryl methyl sites for hydroxylation is 1. The molecule has 1 fully saturated rings. The molecule has 106 valence electrons. The van der Waals surface area contributed by atoms with Crippen LogP contribution in [0.4, 0.5) is 5.95 Å². The number of rotatable bonds is 8. The van der Waals surface area contributed by atoms with Gasteiger partial charge in [-0.15, -0.1) is 0 Å². The summed E-state index contributed by atoms with van der Waals surface area (Å²) in [5, 5.41) is 3.51. The number of hydrogen-bond donors (Lipinski definition) is 1. The maximum absolute atomic E-state index is 4.62. The summed E-state index contributed by atoms with van der Waals surface area (Å²) in [6.45, 7) is 6.24. The summed E-state index contributed by atoms with van der Waals surface area (Å²) in [4.78, 5) is 11.3. The van der Waals surface area contributed by atoms with Crippen molar-refractivity contribution in [3.8, 4) is 0 Å². The fraction of sp³-hybridized carbons (Fsp3) is 0.733. The minimum absolute atomic E-state index is 0.732. The molecule has 0 bridgehead atoms. The van der Waals surface area contributed by atoms with Crippen molar-refractivity contribution in [1.82, 2.24) is 15.3 Å². The SMILES string of the molecule is CCCCCN(C)c1ncc(CNC2CC2)c(C)n1. The van der Waals surface area contributed by atoms with Crippen molar-refractivity contribution in [3.05, 3.63) is 17.5 Å². The van der Waals surface area contributed by atoms with Gasteiger partial charge in [0, 0.05) is 43.6 Å². The molecule has 1 aromatic rings. The van der Waals surface area contributed by atoms with Gasteiger partial charge in [0.1, 0.15) is 0 Å². The van der Waals surface area contributed by atoms with Crippen molar-refractivity contribution in [3.63, 3.8) is 0 Å². The molecule has 1 aliphatic rings. The van der Waals surface area contributed by atoms with Crippen LogP contribution >= 0.6 is 0 Å². The van der Waals surface area contributed by atoms with E-state index in [-0.39, 0.29) is 0 Å². The number of nitrogens with one attached hydrogen (secondary N) is 1. The van der Waals surface area contributed by atoms with Gasteiger partial charge in [-0.05, 0) is 26.2 Å². The Morgan fingerprint density at radius 2 is 2.16 bits per heavy atom. The second kappa shape index (κ2) is 6.85. The van der Waals surface area contributed by atoms with Gasteiger partial charge in [0.05, 0.1) is 0 Å². The molecule has 1 aliphatic carbocycles. The molecule has 0 aliphatic heterocycles. The fourth-order valence-electron chi connectivity index (χ4n) is 2.08. The van der Waals surface area contributed by atoms with Gasteiger partial charge in [-0.3, -0.25) is 0 Å². The lowest BCUT2D eigenvalue weighted by atomic mass is 10.2. The monoisotopic (exact) mass is 262 g/mol. The summed E-state index contributed by atoms with van der Waals surface area (Å²) in [6, 6.07) is 0.732. The van der Waals surface area contributed by atoms with E-state index in [1.165, 1.54) is 37.7 Å². The van der Waals surface area contributed by atoms with Crippen LogP contribution in [0.2, 0.25) is 0 Å². The molecule has 19 heavy (non-hydrogen) atoms. The first-order chi connectivity index (χ1) is 9.20. The highest BCUT2D eigenvalue weighted by Gasteiger charge is 2.20. The summed E-state index contributed by atoms with van der Waals surface area (Å²) >= 11 is 0. The minimum Gasteiger partial charge on any atom is -0.344 e. The van der Waals surface area contributed by atoms with Gasteiger partial charge in [0.15, 0.2) is 0 Å². The predicted molar refractivity (Wildman–Crippen MR) is 79.4 cm³/mol. The maximum atomic E-state index is 4.62. The third-order valence-electron chi connectivity index (χ3n) is 3.67. The predicted octanol–water partition coefficient (Wildman–Crippen LogP) is 2.66. The van der Waals surface area contributed by atoms with E-state index in [1.807, 2.05) is 6.20 Å². The molecule has 0 saturated heterocycles. The lowest BCUT2D eigenvalue weighted by Gasteiger charge is -2.18. The first-order valence-electron chi connectivity index (χ1n) is 7.47. The Labute approximate surface area is 116 Å². The standard InChI is InChI=1S/C15H26N4/c1-4-5-6-9-19(3)15-17-11-13(12(2)18-15)10-16-14-7-8-14/h11,14,16H,4-10H2,1-3H3. The average molecular weight is 262 g/mol. The van der Waals surface area contributed by atoms with Crippen molar-refractivity contribution in [2.24, 2.45) is 0 Å².